The fourth-order valence-corrected chi connectivity index (χ4v) is 2.71. The summed E-state index contributed by atoms with van der Waals surface area (Å²) >= 11 is 0. The molecule has 1 rings (SSSR count). The monoisotopic (exact) mass is 348 g/mol. The molecular weight excluding hydrogens is 343 g/mol. The van der Waals surface area contributed by atoms with Gasteiger partial charge in [0.15, 0.2) is 0 Å². The first-order valence-electron chi connectivity index (χ1n) is 4.43. The van der Waals surface area contributed by atoms with Gasteiger partial charge in [0.05, 0.1) is 16.0 Å². The second-order valence-corrected chi connectivity index (χ2v) is 6.13. The van der Waals surface area contributed by atoms with Crippen LogP contribution in [0.4, 0.5) is 0 Å². The maximum atomic E-state index is 11.0. The van der Waals surface area contributed by atoms with Crippen LogP contribution in [0.3, 0.4) is 0 Å². The SMILES string of the molecule is O=C(O)c1cc(S(=O)(=O)[O-])cc(C(=O)O)c1S(=O)(=O)O.[Na+]. The van der Waals surface area contributed by atoms with Crippen molar-refractivity contribution in [2.45, 2.75) is 9.79 Å². The first-order chi connectivity index (χ1) is 8.85. The van der Waals surface area contributed by atoms with E-state index in [2.05, 4.69) is 0 Å². The second-order valence-electron chi connectivity index (χ2n) is 3.39. The molecule has 0 saturated carbocycles. The summed E-state index contributed by atoms with van der Waals surface area (Å²) in [5.41, 5.74) is -2.69. The average molecular weight is 348 g/mol. The van der Waals surface area contributed by atoms with Gasteiger partial charge in [-0.1, -0.05) is 0 Å². The van der Waals surface area contributed by atoms with Crippen LogP contribution >= 0.6 is 0 Å². The van der Waals surface area contributed by atoms with E-state index in [1.54, 1.807) is 0 Å². The molecule has 21 heavy (non-hydrogen) atoms. The van der Waals surface area contributed by atoms with Crippen molar-refractivity contribution in [1.82, 2.24) is 0 Å². The average Bonchev–Trinajstić information content (AvgIpc) is 2.24. The first-order valence-corrected chi connectivity index (χ1v) is 7.28. The Labute approximate surface area is 140 Å². The quantitative estimate of drug-likeness (QED) is 0.360. The van der Waals surface area contributed by atoms with Crippen molar-refractivity contribution < 1.29 is 75.3 Å². The van der Waals surface area contributed by atoms with Crippen LogP contribution in [0, 0.1) is 0 Å². The Balaban J connectivity index is 0.00000400. The molecule has 0 radical (unpaired) electrons. The summed E-state index contributed by atoms with van der Waals surface area (Å²) in [6.45, 7) is 0. The largest absolute Gasteiger partial charge is 1.00 e. The van der Waals surface area contributed by atoms with Gasteiger partial charge in [0.25, 0.3) is 10.1 Å². The van der Waals surface area contributed by atoms with Crippen molar-refractivity contribution in [3.05, 3.63) is 23.3 Å². The van der Waals surface area contributed by atoms with Crippen LogP contribution < -0.4 is 29.6 Å². The third-order valence-electron chi connectivity index (χ3n) is 2.07. The number of carboxylic acid groups (broad SMARTS) is 2. The van der Waals surface area contributed by atoms with E-state index < -0.39 is 53.1 Å². The fourth-order valence-electron chi connectivity index (χ4n) is 1.34. The predicted octanol–water partition coefficient (Wildman–Crippen LogP) is -3.76. The number of rotatable bonds is 4. The molecule has 0 heterocycles. The van der Waals surface area contributed by atoms with E-state index in [0.29, 0.717) is 0 Å². The van der Waals surface area contributed by atoms with Crippen LogP contribution in [0.1, 0.15) is 20.7 Å². The normalized spacial score (nSPS) is 11.5. The summed E-state index contributed by atoms with van der Waals surface area (Å²) in [4.78, 5) is 19.0. The number of carboxylic acids is 2. The number of benzene rings is 1. The molecule has 0 amide bonds. The summed E-state index contributed by atoms with van der Waals surface area (Å²) in [5, 5.41) is 17.5. The number of hydrogen-bond donors (Lipinski definition) is 3. The molecule has 0 aliphatic heterocycles. The molecule has 0 aliphatic rings. The van der Waals surface area contributed by atoms with Crippen molar-refractivity contribution in [1.29, 1.82) is 0 Å². The Hall–Kier alpha value is -1.02. The van der Waals surface area contributed by atoms with Crippen LogP contribution in [0.15, 0.2) is 21.9 Å². The summed E-state index contributed by atoms with van der Waals surface area (Å²) in [6.07, 6.45) is 0. The minimum Gasteiger partial charge on any atom is -0.744 e. The van der Waals surface area contributed by atoms with Gasteiger partial charge in [-0.05, 0) is 12.1 Å². The van der Waals surface area contributed by atoms with E-state index in [0.717, 1.165) is 0 Å². The van der Waals surface area contributed by atoms with E-state index in [1.165, 1.54) is 0 Å². The third-order valence-corrected chi connectivity index (χ3v) is 3.84. The summed E-state index contributed by atoms with van der Waals surface area (Å²) in [6, 6.07) is 0.306. The molecule has 10 nitrogen and oxygen atoms in total. The zero-order valence-electron chi connectivity index (χ0n) is 10.2. The molecule has 1 aromatic rings. The molecule has 0 spiro atoms. The molecule has 0 unspecified atom stereocenters. The Bertz CT molecular complexity index is 772. The van der Waals surface area contributed by atoms with Gasteiger partial charge >= 0.3 is 41.5 Å². The zero-order valence-corrected chi connectivity index (χ0v) is 13.8. The van der Waals surface area contributed by atoms with Gasteiger partial charge in [0.1, 0.15) is 15.0 Å². The first kappa shape index (κ1) is 20.0. The molecule has 110 valence electrons. The van der Waals surface area contributed by atoms with Gasteiger partial charge in [-0.2, -0.15) is 8.42 Å². The van der Waals surface area contributed by atoms with Crippen LogP contribution in [-0.4, -0.2) is 48.1 Å². The van der Waals surface area contributed by atoms with Gasteiger partial charge in [-0.15, -0.1) is 0 Å². The fraction of sp³-hybridized carbons (Fsp3) is 0. The summed E-state index contributed by atoms with van der Waals surface area (Å²) in [7, 11) is -10.5. The van der Waals surface area contributed by atoms with E-state index in [-0.39, 0.29) is 41.7 Å². The van der Waals surface area contributed by atoms with Gasteiger partial charge in [-0.3, -0.25) is 4.55 Å². The minimum atomic E-state index is -5.27. The molecule has 0 aliphatic carbocycles. The van der Waals surface area contributed by atoms with Gasteiger partial charge in [-0.25, -0.2) is 18.0 Å². The van der Waals surface area contributed by atoms with Crippen molar-refractivity contribution in [3.63, 3.8) is 0 Å². The molecule has 13 heteroatoms. The Morgan fingerprint density at radius 3 is 1.48 bits per heavy atom. The van der Waals surface area contributed by atoms with Gasteiger partial charge < -0.3 is 14.8 Å². The molecule has 0 bridgehead atoms. The number of hydrogen-bond acceptors (Lipinski definition) is 7. The van der Waals surface area contributed by atoms with E-state index in [9.17, 15) is 31.0 Å². The second kappa shape index (κ2) is 6.39. The summed E-state index contributed by atoms with van der Waals surface area (Å²) in [5.74, 6) is -4.07. The van der Waals surface area contributed by atoms with E-state index in [1.807, 2.05) is 0 Å². The smallest absolute Gasteiger partial charge is 0.744 e. The Kier molecular flexibility index (Phi) is 6.08. The van der Waals surface area contributed by atoms with Crippen molar-refractivity contribution in [3.8, 4) is 0 Å². The summed E-state index contributed by atoms with van der Waals surface area (Å²) < 4.78 is 63.3. The number of carbonyl (C=O) groups is 2. The van der Waals surface area contributed by atoms with Crippen LogP contribution in [-0.2, 0) is 20.2 Å². The Morgan fingerprint density at radius 2 is 1.29 bits per heavy atom. The maximum absolute atomic E-state index is 11.0. The third kappa shape index (κ3) is 4.47. The van der Waals surface area contributed by atoms with Gasteiger partial charge in [0, 0.05) is 0 Å². The molecule has 3 N–H and O–H groups in total. The van der Waals surface area contributed by atoms with Crippen molar-refractivity contribution >= 4 is 32.2 Å². The van der Waals surface area contributed by atoms with Crippen LogP contribution in [0.5, 0.6) is 0 Å². The Morgan fingerprint density at radius 1 is 0.952 bits per heavy atom. The molecule has 1 aromatic carbocycles. The van der Waals surface area contributed by atoms with Gasteiger partial charge in [0.2, 0.25) is 0 Å². The topological polar surface area (TPSA) is 186 Å². The number of aromatic carboxylic acids is 2. The van der Waals surface area contributed by atoms with Crippen molar-refractivity contribution in [2.75, 3.05) is 0 Å². The molecule has 0 saturated heterocycles. The minimum absolute atomic E-state index is 0. The molecule has 0 fully saturated rings. The predicted molar refractivity (Wildman–Crippen MR) is 58.1 cm³/mol. The van der Waals surface area contributed by atoms with Crippen molar-refractivity contribution in [2.24, 2.45) is 0 Å². The van der Waals surface area contributed by atoms with Crippen LogP contribution in [0.25, 0.3) is 0 Å². The zero-order chi connectivity index (χ0) is 15.9. The van der Waals surface area contributed by atoms with E-state index >= 15 is 0 Å². The van der Waals surface area contributed by atoms with E-state index in [4.69, 9.17) is 14.8 Å². The van der Waals surface area contributed by atoms with Crippen LogP contribution in [0.2, 0.25) is 0 Å². The molecule has 0 atom stereocenters. The molecule has 0 aromatic heterocycles. The maximum Gasteiger partial charge on any atom is 1.00 e. The molecular formula is C8H5NaO10S2. The standard InChI is InChI=1S/C8H6O10S2.Na/c9-7(10)4-1-3(19(13,14)15)2-5(8(11)12)6(4)20(16,17)18;/h1-2H,(H,9,10)(H,11,12)(H,13,14,15)(H,16,17,18);/q;+1/p-1.